The van der Waals surface area contributed by atoms with Crippen molar-refractivity contribution in [2.75, 3.05) is 45.9 Å². The lowest BCUT2D eigenvalue weighted by Crippen LogP contribution is -2.35. The Hall–Kier alpha value is -1.43. The van der Waals surface area contributed by atoms with Gasteiger partial charge in [0.05, 0.1) is 19.8 Å². The summed E-state index contributed by atoms with van der Waals surface area (Å²) in [6.07, 6.45) is 2.60. The number of hydrogen-bond acceptors (Lipinski definition) is 5. The molecule has 0 spiro atoms. The molecule has 0 saturated carbocycles. The molecule has 1 aromatic carbocycles. The van der Waals surface area contributed by atoms with Crippen molar-refractivity contribution >= 4 is 5.97 Å². The quantitative estimate of drug-likeness (QED) is 0.524. The van der Waals surface area contributed by atoms with Crippen molar-refractivity contribution < 1.29 is 14.3 Å². The van der Waals surface area contributed by atoms with Crippen LogP contribution < -0.4 is 5.32 Å². The number of carbonyl (C=O) groups excluding carboxylic acids is 1. The van der Waals surface area contributed by atoms with Gasteiger partial charge in [0.25, 0.3) is 0 Å². The van der Waals surface area contributed by atoms with Crippen LogP contribution in [0, 0.1) is 5.92 Å². The first kappa shape index (κ1) is 18.9. The third kappa shape index (κ3) is 7.90. The monoisotopic (exact) mass is 334 g/mol. The van der Waals surface area contributed by atoms with E-state index in [0.29, 0.717) is 19.8 Å². The van der Waals surface area contributed by atoms with Gasteiger partial charge in [-0.15, -0.1) is 0 Å². The van der Waals surface area contributed by atoms with Crippen LogP contribution in [-0.4, -0.2) is 56.8 Å². The summed E-state index contributed by atoms with van der Waals surface area (Å²) >= 11 is 0. The molecule has 1 heterocycles. The average molecular weight is 334 g/mol. The molecular formula is C19H30N2O3. The highest BCUT2D eigenvalue weighted by Crippen LogP contribution is 2.15. The first-order valence-corrected chi connectivity index (χ1v) is 8.94. The number of esters is 1. The van der Waals surface area contributed by atoms with Gasteiger partial charge in [-0.25, -0.2) is 0 Å². The number of nitrogens with one attached hydrogen (secondary N) is 1. The molecule has 1 saturated heterocycles. The highest BCUT2D eigenvalue weighted by molar-refractivity contribution is 5.71. The van der Waals surface area contributed by atoms with Crippen LogP contribution in [0.3, 0.4) is 0 Å². The van der Waals surface area contributed by atoms with Crippen molar-refractivity contribution in [3.63, 3.8) is 0 Å². The number of benzene rings is 1. The molecule has 0 radical (unpaired) electrons. The van der Waals surface area contributed by atoms with Crippen molar-refractivity contribution in [1.29, 1.82) is 0 Å². The van der Waals surface area contributed by atoms with Crippen LogP contribution in [0.5, 0.6) is 0 Å². The van der Waals surface area contributed by atoms with Crippen LogP contribution >= 0.6 is 0 Å². The number of carbonyl (C=O) groups is 1. The molecule has 1 aliphatic rings. The van der Waals surface area contributed by atoms with Gasteiger partial charge in [-0.3, -0.25) is 4.79 Å². The van der Waals surface area contributed by atoms with Crippen molar-refractivity contribution in [2.45, 2.75) is 26.4 Å². The molecule has 2 rings (SSSR count). The minimum absolute atomic E-state index is 0.222. The smallest absolute Gasteiger partial charge is 0.320 e. The first-order chi connectivity index (χ1) is 11.7. The topological polar surface area (TPSA) is 50.8 Å². The number of piperidine rings is 1. The second-order valence-corrected chi connectivity index (χ2v) is 6.46. The molecule has 0 unspecified atom stereocenters. The SMILES string of the molecule is CC1CCN(CCOCCNCC(=O)OCc2ccccc2)CC1. The Morgan fingerprint density at radius 1 is 1.21 bits per heavy atom. The third-order valence-corrected chi connectivity index (χ3v) is 4.36. The number of nitrogens with zero attached hydrogens (tertiary/aromatic N) is 1. The van der Waals surface area contributed by atoms with Crippen molar-refractivity contribution in [1.82, 2.24) is 10.2 Å². The van der Waals surface area contributed by atoms with E-state index in [1.165, 1.54) is 25.9 Å². The molecule has 1 aromatic rings. The van der Waals surface area contributed by atoms with Gasteiger partial charge >= 0.3 is 5.97 Å². The second kappa shape index (κ2) is 11.2. The number of likely N-dealkylation sites (tertiary alicyclic amines) is 1. The van der Waals surface area contributed by atoms with Crippen LogP contribution in [0.4, 0.5) is 0 Å². The minimum Gasteiger partial charge on any atom is -0.460 e. The maximum Gasteiger partial charge on any atom is 0.320 e. The molecule has 0 atom stereocenters. The number of ether oxygens (including phenoxy) is 2. The molecule has 0 bridgehead atoms. The summed E-state index contributed by atoms with van der Waals surface area (Å²) in [6.45, 7) is 8.30. The number of rotatable bonds is 10. The molecule has 0 amide bonds. The molecule has 1 N–H and O–H groups in total. The predicted octanol–water partition coefficient (Wildman–Crippen LogP) is 2.07. The van der Waals surface area contributed by atoms with E-state index in [0.717, 1.165) is 24.6 Å². The summed E-state index contributed by atoms with van der Waals surface area (Å²) in [6, 6.07) is 9.69. The largest absolute Gasteiger partial charge is 0.460 e. The van der Waals surface area contributed by atoms with E-state index in [2.05, 4.69) is 17.1 Å². The Labute approximate surface area is 145 Å². The zero-order valence-electron chi connectivity index (χ0n) is 14.7. The molecule has 134 valence electrons. The van der Waals surface area contributed by atoms with Gasteiger partial charge in [0.15, 0.2) is 0 Å². The Morgan fingerprint density at radius 3 is 2.71 bits per heavy atom. The highest BCUT2D eigenvalue weighted by atomic mass is 16.5. The second-order valence-electron chi connectivity index (χ2n) is 6.46. The highest BCUT2D eigenvalue weighted by Gasteiger charge is 2.14. The van der Waals surface area contributed by atoms with Gasteiger partial charge in [0, 0.05) is 13.1 Å². The summed E-state index contributed by atoms with van der Waals surface area (Å²) < 4.78 is 10.8. The summed E-state index contributed by atoms with van der Waals surface area (Å²) in [5.74, 6) is 0.634. The normalized spacial score (nSPS) is 16.2. The van der Waals surface area contributed by atoms with Crippen molar-refractivity contribution in [3.8, 4) is 0 Å². The lowest BCUT2D eigenvalue weighted by molar-refractivity contribution is -0.143. The van der Waals surface area contributed by atoms with Crippen molar-refractivity contribution in [2.24, 2.45) is 5.92 Å². The fourth-order valence-electron chi connectivity index (χ4n) is 2.71. The van der Waals surface area contributed by atoms with E-state index in [-0.39, 0.29) is 12.5 Å². The Kier molecular flexibility index (Phi) is 8.81. The zero-order valence-corrected chi connectivity index (χ0v) is 14.7. The number of hydrogen-bond donors (Lipinski definition) is 1. The van der Waals surface area contributed by atoms with Gasteiger partial charge in [-0.1, -0.05) is 37.3 Å². The molecule has 0 aromatic heterocycles. The van der Waals surface area contributed by atoms with Gasteiger partial charge < -0.3 is 19.7 Å². The Morgan fingerprint density at radius 2 is 1.96 bits per heavy atom. The molecule has 0 aliphatic carbocycles. The van der Waals surface area contributed by atoms with Crippen LogP contribution in [0.1, 0.15) is 25.3 Å². The maximum absolute atomic E-state index is 11.6. The molecule has 5 nitrogen and oxygen atoms in total. The van der Waals surface area contributed by atoms with Crippen LogP contribution in [-0.2, 0) is 20.9 Å². The summed E-state index contributed by atoms with van der Waals surface area (Å²) in [7, 11) is 0. The standard InChI is InChI=1S/C19H30N2O3/c1-17-7-10-21(11-8-17)12-14-23-13-9-20-15-19(22)24-16-18-5-3-2-4-6-18/h2-6,17,20H,7-16H2,1H3. The van der Waals surface area contributed by atoms with Gasteiger partial charge in [0.1, 0.15) is 6.61 Å². The van der Waals surface area contributed by atoms with Crippen LogP contribution in [0.25, 0.3) is 0 Å². The fraction of sp³-hybridized carbons (Fsp3) is 0.632. The summed E-state index contributed by atoms with van der Waals surface area (Å²) in [5.41, 5.74) is 1.00. The predicted molar refractivity (Wildman–Crippen MR) is 94.8 cm³/mol. The lowest BCUT2D eigenvalue weighted by atomic mass is 9.99. The van der Waals surface area contributed by atoms with Gasteiger partial charge in [-0.05, 0) is 37.4 Å². The molecule has 24 heavy (non-hydrogen) atoms. The zero-order chi connectivity index (χ0) is 17.0. The summed E-state index contributed by atoms with van der Waals surface area (Å²) in [4.78, 5) is 14.1. The van der Waals surface area contributed by atoms with Crippen LogP contribution in [0.15, 0.2) is 30.3 Å². The lowest BCUT2D eigenvalue weighted by Gasteiger charge is -2.29. The molecule has 5 heteroatoms. The van der Waals surface area contributed by atoms with E-state index in [9.17, 15) is 4.79 Å². The van der Waals surface area contributed by atoms with E-state index < -0.39 is 0 Å². The summed E-state index contributed by atoms with van der Waals surface area (Å²) in [5, 5.41) is 3.05. The van der Waals surface area contributed by atoms with Gasteiger partial charge in [0.2, 0.25) is 0 Å². The van der Waals surface area contributed by atoms with Crippen LogP contribution in [0.2, 0.25) is 0 Å². The molecule has 1 fully saturated rings. The molecular weight excluding hydrogens is 304 g/mol. The maximum atomic E-state index is 11.6. The van der Waals surface area contributed by atoms with E-state index in [1.807, 2.05) is 30.3 Å². The van der Waals surface area contributed by atoms with E-state index >= 15 is 0 Å². The molecule has 1 aliphatic heterocycles. The average Bonchev–Trinajstić information content (AvgIpc) is 2.61. The first-order valence-electron chi connectivity index (χ1n) is 8.94. The van der Waals surface area contributed by atoms with E-state index in [1.54, 1.807) is 0 Å². The Bertz CT molecular complexity index is 459. The fourth-order valence-corrected chi connectivity index (χ4v) is 2.71. The van der Waals surface area contributed by atoms with E-state index in [4.69, 9.17) is 9.47 Å². The van der Waals surface area contributed by atoms with Crippen molar-refractivity contribution in [3.05, 3.63) is 35.9 Å². The Balaban J connectivity index is 1.40. The van der Waals surface area contributed by atoms with Gasteiger partial charge in [-0.2, -0.15) is 0 Å². The minimum atomic E-state index is -0.235. The third-order valence-electron chi connectivity index (χ3n) is 4.36.